The fourth-order valence-corrected chi connectivity index (χ4v) is 4.73. The first-order valence-corrected chi connectivity index (χ1v) is 12.5. The van der Waals surface area contributed by atoms with E-state index in [2.05, 4.69) is 10.3 Å². The highest BCUT2D eigenvalue weighted by atomic mass is 32.1. The molecule has 8 heteroatoms. The summed E-state index contributed by atoms with van der Waals surface area (Å²) in [6.45, 7) is 2.03. The molecule has 0 aliphatic carbocycles. The lowest BCUT2D eigenvalue weighted by atomic mass is 9.96. The zero-order valence-electron chi connectivity index (χ0n) is 20.2. The number of carbonyl (C=O) groups is 2. The van der Waals surface area contributed by atoms with Gasteiger partial charge in [0, 0.05) is 42.1 Å². The molecule has 0 bridgehead atoms. The number of nitrogens with one attached hydrogen (secondary N) is 1. The molecule has 1 unspecified atom stereocenters. The Bertz CT molecular complexity index is 1340. The van der Waals surface area contributed by atoms with Crippen LogP contribution in [0.2, 0.25) is 0 Å². The molecule has 0 saturated carbocycles. The van der Waals surface area contributed by atoms with Crippen molar-refractivity contribution in [3.8, 4) is 16.9 Å². The van der Waals surface area contributed by atoms with Crippen LogP contribution in [-0.4, -0.2) is 39.5 Å². The molecule has 184 valence electrons. The number of aliphatic carboxylic acids is 1. The minimum Gasteiger partial charge on any atom is -0.481 e. The summed E-state index contributed by atoms with van der Waals surface area (Å²) in [5.74, 6) is -1.33. The summed E-state index contributed by atoms with van der Waals surface area (Å²) in [7, 11) is 1.74. The van der Waals surface area contributed by atoms with Gasteiger partial charge in [-0.05, 0) is 30.5 Å². The lowest BCUT2D eigenvalue weighted by Crippen LogP contribution is -2.30. The predicted molar refractivity (Wildman–Crippen MR) is 143 cm³/mol. The van der Waals surface area contributed by atoms with E-state index in [9.17, 15) is 9.59 Å². The zero-order valence-corrected chi connectivity index (χ0v) is 21.0. The van der Waals surface area contributed by atoms with Gasteiger partial charge in [0.2, 0.25) is 5.91 Å². The number of aliphatic imine (C=N–C) groups is 1. The molecule has 0 radical (unpaired) electrons. The zero-order chi connectivity index (χ0) is 25.5. The molecule has 2 N–H and O–H groups in total. The second-order valence-corrected chi connectivity index (χ2v) is 9.39. The van der Waals surface area contributed by atoms with Gasteiger partial charge >= 0.3 is 5.97 Å². The van der Waals surface area contributed by atoms with Gasteiger partial charge < -0.3 is 10.4 Å². The fraction of sp³-hybridized carbons (Fsp3) is 0.214. The van der Waals surface area contributed by atoms with E-state index >= 15 is 0 Å². The van der Waals surface area contributed by atoms with E-state index in [0.717, 1.165) is 38.7 Å². The second kappa shape index (κ2) is 11.6. The molecule has 2 aromatic heterocycles. The third-order valence-corrected chi connectivity index (χ3v) is 6.76. The molecule has 1 amide bonds. The molecule has 0 saturated heterocycles. The largest absolute Gasteiger partial charge is 0.481 e. The lowest BCUT2D eigenvalue weighted by Gasteiger charge is -2.20. The van der Waals surface area contributed by atoms with Crippen LogP contribution in [0.25, 0.3) is 16.9 Å². The number of carboxylic acid groups (broad SMARTS) is 1. The Kier molecular flexibility index (Phi) is 8.07. The van der Waals surface area contributed by atoms with E-state index in [1.54, 1.807) is 18.4 Å². The quantitative estimate of drug-likeness (QED) is 0.283. The molecule has 2 aromatic carbocycles. The number of aromatic nitrogens is 2. The van der Waals surface area contributed by atoms with Gasteiger partial charge in [0.1, 0.15) is 0 Å². The predicted octanol–water partition coefficient (Wildman–Crippen LogP) is 5.44. The Labute approximate surface area is 214 Å². The second-order valence-electron chi connectivity index (χ2n) is 8.44. The molecule has 0 aliphatic heterocycles. The standard InChI is InChI=1S/C28H28N4O3S/c1-19-10-12-20(13-11-19)28-22(18-32(31-28)21-7-4-3-5-8-21)23(30-26(33)14-15-27(34)35)17-24(29-2)25-9-6-16-36-25/h3-13,16,18,23H,14-15,17H2,1-2H3,(H,30,33)(H,34,35)/b29-24+. The maximum atomic E-state index is 12.8. The van der Waals surface area contributed by atoms with E-state index in [4.69, 9.17) is 10.2 Å². The van der Waals surface area contributed by atoms with Gasteiger partial charge in [-0.2, -0.15) is 5.10 Å². The molecule has 2 heterocycles. The Morgan fingerprint density at radius 2 is 1.81 bits per heavy atom. The SMILES string of the molecule is C/N=C(\CC(NC(=O)CCC(=O)O)c1cn(-c2ccccc2)nc1-c1ccc(C)cc1)c1cccs1. The number of para-hydroxylation sites is 1. The highest BCUT2D eigenvalue weighted by Gasteiger charge is 2.25. The number of carbonyl (C=O) groups excluding carboxylic acids is 1. The van der Waals surface area contributed by atoms with Crippen LogP contribution in [0.1, 0.15) is 41.3 Å². The van der Waals surface area contributed by atoms with Crippen molar-refractivity contribution in [2.75, 3.05) is 7.05 Å². The van der Waals surface area contributed by atoms with Gasteiger partial charge in [0.05, 0.1) is 29.6 Å². The summed E-state index contributed by atoms with van der Waals surface area (Å²) in [5, 5.41) is 19.0. The number of amides is 1. The molecule has 4 rings (SSSR count). The van der Waals surface area contributed by atoms with Crippen LogP contribution in [0.5, 0.6) is 0 Å². The fourth-order valence-electron chi connectivity index (χ4n) is 3.95. The lowest BCUT2D eigenvalue weighted by molar-refractivity contribution is -0.138. The first kappa shape index (κ1) is 25.1. The van der Waals surface area contributed by atoms with E-state index in [1.807, 2.05) is 89.9 Å². The molecular weight excluding hydrogens is 472 g/mol. The van der Waals surface area contributed by atoms with Crippen molar-refractivity contribution < 1.29 is 14.7 Å². The van der Waals surface area contributed by atoms with Crippen molar-refractivity contribution in [3.63, 3.8) is 0 Å². The molecule has 4 aromatic rings. The van der Waals surface area contributed by atoms with E-state index in [1.165, 1.54) is 0 Å². The van der Waals surface area contributed by atoms with Crippen LogP contribution in [0, 0.1) is 6.92 Å². The number of rotatable bonds is 10. The molecule has 36 heavy (non-hydrogen) atoms. The van der Waals surface area contributed by atoms with E-state index < -0.39 is 12.0 Å². The molecular formula is C28H28N4O3S. The Morgan fingerprint density at radius 3 is 2.44 bits per heavy atom. The maximum absolute atomic E-state index is 12.8. The van der Waals surface area contributed by atoms with Crippen LogP contribution in [0.3, 0.4) is 0 Å². The monoisotopic (exact) mass is 500 g/mol. The van der Waals surface area contributed by atoms with Crippen LogP contribution < -0.4 is 5.32 Å². The number of aryl methyl sites for hydroxylation is 1. The summed E-state index contributed by atoms with van der Waals surface area (Å²) in [5.41, 5.74) is 5.42. The van der Waals surface area contributed by atoms with Gasteiger partial charge in [-0.3, -0.25) is 14.6 Å². The number of benzene rings is 2. The van der Waals surface area contributed by atoms with Crippen LogP contribution in [0.15, 0.2) is 83.3 Å². The number of nitrogens with zero attached hydrogens (tertiary/aromatic N) is 3. The van der Waals surface area contributed by atoms with Gasteiger partial charge in [-0.15, -0.1) is 11.3 Å². The highest BCUT2D eigenvalue weighted by Crippen LogP contribution is 2.32. The smallest absolute Gasteiger partial charge is 0.303 e. The van der Waals surface area contributed by atoms with Crippen molar-refractivity contribution in [1.82, 2.24) is 15.1 Å². The number of hydrogen-bond acceptors (Lipinski definition) is 5. The first-order chi connectivity index (χ1) is 17.4. The minimum atomic E-state index is -1.01. The Morgan fingerprint density at radius 1 is 1.06 bits per heavy atom. The normalized spacial score (nSPS) is 12.3. The topological polar surface area (TPSA) is 96.6 Å². The van der Waals surface area contributed by atoms with Crippen LogP contribution in [-0.2, 0) is 9.59 Å². The van der Waals surface area contributed by atoms with E-state index in [0.29, 0.717) is 6.42 Å². The van der Waals surface area contributed by atoms with Crippen molar-refractivity contribution in [3.05, 3.63) is 94.3 Å². The summed E-state index contributed by atoms with van der Waals surface area (Å²) >= 11 is 1.59. The minimum absolute atomic E-state index is 0.101. The first-order valence-electron chi connectivity index (χ1n) is 11.7. The summed E-state index contributed by atoms with van der Waals surface area (Å²) < 4.78 is 1.81. The van der Waals surface area contributed by atoms with E-state index in [-0.39, 0.29) is 18.7 Å². The summed E-state index contributed by atoms with van der Waals surface area (Å²) in [6, 6.07) is 21.4. The summed E-state index contributed by atoms with van der Waals surface area (Å²) in [4.78, 5) is 29.4. The van der Waals surface area contributed by atoms with Crippen molar-refractivity contribution in [2.24, 2.45) is 4.99 Å². The summed E-state index contributed by atoms with van der Waals surface area (Å²) in [6.07, 6.45) is 2.05. The van der Waals surface area contributed by atoms with Gasteiger partial charge in [-0.25, -0.2) is 4.68 Å². The van der Waals surface area contributed by atoms with Crippen LogP contribution >= 0.6 is 11.3 Å². The molecule has 0 spiro atoms. The van der Waals surface area contributed by atoms with Gasteiger partial charge in [-0.1, -0.05) is 54.1 Å². The average molecular weight is 501 g/mol. The Balaban J connectivity index is 1.79. The third kappa shape index (κ3) is 6.14. The number of carboxylic acids is 1. The number of thiophene rings is 1. The molecule has 1 atom stereocenters. The van der Waals surface area contributed by atoms with Crippen molar-refractivity contribution in [2.45, 2.75) is 32.2 Å². The molecule has 7 nitrogen and oxygen atoms in total. The average Bonchev–Trinajstić information content (AvgIpc) is 3.57. The Hall–Kier alpha value is -4.04. The maximum Gasteiger partial charge on any atom is 0.303 e. The third-order valence-electron chi connectivity index (χ3n) is 5.84. The van der Waals surface area contributed by atoms with Crippen molar-refractivity contribution in [1.29, 1.82) is 0 Å². The highest BCUT2D eigenvalue weighted by molar-refractivity contribution is 7.12. The molecule has 0 aliphatic rings. The van der Waals surface area contributed by atoms with Gasteiger partial charge in [0.25, 0.3) is 0 Å². The number of hydrogen-bond donors (Lipinski definition) is 2. The van der Waals surface area contributed by atoms with Crippen molar-refractivity contribution >= 4 is 28.9 Å². The van der Waals surface area contributed by atoms with Crippen LogP contribution in [0.4, 0.5) is 0 Å². The molecule has 0 fully saturated rings. The van der Waals surface area contributed by atoms with Gasteiger partial charge in [0.15, 0.2) is 0 Å².